The smallest absolute Gasteiger partial charge is 0.320 e. The Morgan fingerprint density at radius 2 is 2.24 bits per heavy atom. The molecule has 0 N–H and O–H groups in total. The SMILES string of the molecule is CCCN(CCn1cccn1)CC(=O)OCC. The Kier molecular flexibility index (Phi) is 6.32. The van der Waals surface area contributed by atoms with Crippen LogP contribution in [-0.2, 0) is 16.1 Å². The third-order valence-electron chi connectivity index (χ3n) is 2.40. The Morgan fingerprint density at radius 1 is 1.41 bits per heavy atom. The van der Waals surface area contributed by atoms with Crippen LogP contribution < -0.4 is 0 Å². The van der Waals surface area contributed by atoms with Crippen molar-refractivity contribution < 1.29 is 9.53 Å². The number of hydrogen-bond acceptors (Lipinski definition) is 4. The Morgan fingerprint density at radius 3 is 2.82 bits per heavy atom. The van der Waals surface area contributed by atoms with Gasteiger partial charge in [0.2, 0.25) is 0 Å². The minimum absolute atomic E-state index is 0.151. The van der Waals surface area contributed by atoms with Crippen molar-refractivity contribution in [2.45, 2.75) is 26.8 Å². The minimum Gasteiger partial charge on any atom is -0.465 e. The van der Waals surface area contributed by atoms with Crippen LogP contribution in [0.15, 0.2) is 18.5 Å². The molecule has 0 aliphatic carbocycles. The van der Waals surface area contributed by atoms with Crippen LogP contribution in [0.5, 0.6) is 0 Å². The van der Waals surface area contributed by atoms with Gasteiger partial charge in [-0.2, -0.15) is 5.10 Å². The molecular formula is C12H21N3O2. The molecule has 0 amide bonds. The minimum atomic E-state index is -0.151. The van der Waals surface area contributed by atoms with E-state index in [1.54, 1.807) is 6.20 Å². The fourth-order valence-electron chi connectivity index (χ4n) is 1.65. The Bertz CT molecular complexity index is 312. The van der Waals surface area contributed by atoms with Gasteiger partial charge in [0.15, 0.2) is 0 Å². The van der Waals surface area contributed by atoms with Gasteiger partial charge in [0.05, 0.1) is 19.7 Å². The fraction of sp³-hybridized carbons (Fsp3) is 0.667. The highest BCUT2D eigenvalue weighted by Crippen LogP contribution is 1.95. The molecule has 5 nitrogen and oxygen atoms in total. The molecule has 0 spiro atoms. The van der Waals surface area contributed by atoms with Crippen LogP contribution in [-0.4, -0.2) is 46.9 Å². The average Bonchev–Trinajstić information content (AvgIpc) is 2.79. The first-order chi connectivity index (χ1) is 8.26. The second-order valence-corrected chi connectivity index (χ2v) is 3.85. The molecule has 1 aromatic rings. The van der Waals surface area contributed by atoms with Crippen molar-refractivity contribution in [3.8, 4) is 0 Å². The van der Waals surface area contributed by atoms with Gasteiger partial charge in [-0.3, -0.25) is 14.4 Å². The van der Waals surface area contributed by atoms with Crippen LogP contribution in [0.3, 0.4) is 0 Å². The Labute approximate surface area is 102 Å². The quantitative estimate of drug-likeness (QED) is 0.639. The van der Waals surface area contributed by atoms with E-state index in [1.807, 2.05) is 23.9 Å². The van der Waals surface area contributed by atoms with Crippen molar-refractivity contribution in [3.05, 3.63) is 18.5 Å². The number of carbonyl (C=O) groups is 1. The highest BCUT2D eigenvalue weighted by atomic mass is 16.5. The van der Waals surface area contributed by atoms with Crippen LogP contribution in [0.4, 0.5) is 0 Å². The monoisotopic (exact) mass is 239 g/mol. The zero-order chi connectivity index (χ0) is 12.5. The number of esters is 1. The molecule has 5 heteroatoms. The fourth-order valence-corrected chi connectivity index (χ4v) is 1.65. The molecule has 1 rings (SSSR count). The highest BCUT2D eigenvalue weighted by molar-refractivity contribution is 5.71. The lowest BCUT2D eigenvalue weighted by Crippen LogP contribution is -2.34. The lowest BCUT2D eigenvalue weighted by molar-refractivity contribution is -0.144. The lowest BCUT2D eigenvalue weighted by atomic mass is 10.4. The second-order valence-electron chi connectivity index (χ2n) is 3.85. The third-order valence-corrected chi connectivity index (χ3v) is 2.40. The molecule has 96 valence electrons. The van der Waals surface area contributed by atoms with E-state index in [2.05, 4.69) is 16.9 Å². The summed E-state index contributed by atoms with van der Waals surface area (Å²) in [5.41, 5.74) is 0. The molecule has 0 saturated carbocycles. The van der Waals surface area contributed by atoms with Crippen molar-refractivity contribution in [2.75, 3.05) is 26.2 Å². The molecule has 0 aliphatic heterocycles. The maximum atomic E-state index is 11.4. The summed E-state index contributed by atoms with van der Waals surface area (Å²) < 4.78 is 6.82. The third kappa shape index (κ3) is 5.49. The van der Waals surface area contributed by atoms with Gasteiger partial charge < -0.3 is 4.74 Å². The number of nitrogens with zero attached hydrogens (tertiary/aromatic N) is 3. The number of rotatable bonds is 8. The van der Waals surface area contributed by atoms with E-state index < -0.39 is 0 Å². The molecule has 1 aromatic heterocycles. The van der Waals surface area contributed by atoms with Crippen LogP contribution in [0.2, 0.25) is 0 Å². The van der Waals surface area contributed by atoms with E-state index in [0.717, 1.165) is 26.1 Å². The van der Waals surface area contributed by atoms with Gasteiger partial charge in [0.1, 0.15) is 0 Å². The van der Waals surface area contributed by atoms with Crippen molar-refractivity contribution in [3.63, 3.8) is 0 Å². The summed E-state index contributed by atoms with van der Waals surface area (Å²) in [5.74, 6) is -0.151. The molecule has 0 fully saturated rings. The summed E-state index contributed by atoms with van der Waals surface area (Å²) >= 11 is 0. The van der Waals surface area contributed by atoms with Gasteiger partial charge in [-0.25, -0.2) is 0 Å². The van der Waals surface area contributed by atoms with E-state index >= 15 is 0 Å². The second kappa shape index (κ2) is 7.84. The zero-order valence-corrected chi connectivity index (χ0v) is 10.6. The van der Waals surface area contributed by atoms with Crippen molar-refractivity contribution >= 4 is 5.97 Å². The first-order valence-electron chi connectivity index (χ1n) is 6.11. The van der Waals surface area contributed by atoms with Crippen LogP contribution in [0.1, 0.15) is 20.3 Å². The predicted octanol–water partition coefficient (Wildman–Crippen LogP) is 1.16. The number of ether oxygens (including phenoxy) is 1. The average molecular weight is 239 g/mol. The number of carbonyl (C=O) groups excluding carboxylic acids is 1. The first kappa shape index (κ1) is 13.7. The van der Waals surface area contributed by atoms with Crippen molar-refractivity contribution in [1.29, 1.82) is 0 Å². The summed E-state index contributed by atoms with van der Waals surface area (Å²) in [6, 6.07) is 1.90. The van der Waals surface area contributed by atoms with E-state index in [9.17, 15) is 4.79 Å². The van der Waals surface area contributed by atoms with Gasteiger partial charge >= 0.3 is 5.97 Å². The maximum Gasteiger partial charge on any atom is 0.320 e. The zero-order valence-electron chi connectivity index (χ0n) is 10.6. The number of hydrogen-bond donors (Lipinski definition) is 0. The molecular weight excluding hydrogens is 218 g/mol. The standard InChI is InChI=1S/C12H21N3O2/c1-3-7-14(11-12(16)17-4-2)9-10-15-8-5-6-13-15/h5-6,8H,3-4,7,9-11H2,1-2H3. The maximum absolute atomic E-state index is 11.4. The van der Waals surface area contributed by atoms with E-state index in [4.69, 9.17) is 4.74 Å². The topological polar surface area (TPSA) is 47.4 Å². The molecule has 17 heavy (non-hydrogen) atoms. The Hall–Kier alpha value is -1.36. The number of aromatic nitrogens is 2. The van der Waals surface area contributed by atoms with Crippen LogP contribution >= 0.6 is 0 Å². The van der Waals surface area contributed by atoms with Gasteiger partial charge in [-0.05, 0) is 26.0 Å². The van der Waals surface area contributed by atoms with E-state index in [0.29, 0.717) is 13.2 Å². The molecule has 0 atom stereocenters. The van der Waals surface area contributed by atoms with Gasteiger partial charge in [0.25, 0.3) is 0 Å². The van der Waals surface area contributed by atoms with Crippen LogP contribution in [0.25, 0.3) is 0 Å². The summed E-state index contributed by atoms with van der Waals surface area (Å²) in [7, 11) is 0. The van der Waals surface area contributed by atoms with Crippen molar-refractivity contribution in [2.24, 2.45) is 0 Å². The molecule has 0 aliphatic rings. The summed E-state index contributed by atoms with van der Waals surface area (Å²) in [6.45, 7) is 7.25. The summed E-state index contributed by atoms with van der Waals surface area (Å²) in [5, 5.41) is 4.14. The molecule has 0 aromatic carbocycles. The molecule has 1 heterocycles. The summed E-state index contributed by atoms with van der Waals surface area (Å²) in [4.78, 5) is 13.5. The molecule has 0 unspecified atom stereocenters. The van der Waals surface area contributed by atoms with Crippen LogP contribution in [0, 0.1) is 0 Å². The first-order valence-corrected chi connectivity index (χ1v) is 6.11. The molecule has 0 saturated heterocycles. The summed E-state index contributed by atoms with van der Waals surface area (Å²) in [6.07, 6.45) is 4.71. The largest absolute Gasteiger partial charge is 0.465 e. The Balaban J connectivity index is 2.34. The van der Waals surface area contributed by atoms with E-state index in [1.165, 1.54) is 0 Å². The normalized spacial score (nSPS) is 10.8. The predicted molar refractivity (Wildman–Crippen MR) is 65.6 cm³/mol. The molecule has 0 radical (unpaired) electrons. The van der Waals surface area contributed by atoms with Gasteiger partial charge in [-0.15, -0.1) is 0 Å². The van der Waals surface area contributed by atoms with Gasteiger partial charge in [0, 0.05) is 18.9 Å². The highest BCUT2D eigenvalue weighted by Gasteiger charge is 2.10. The van der Waals surface area contributed by atoms with Crippen molar-refractivity contribution in [1.82, 2.24) is 14.7 Å². The molecule has 0 bridgehead atoms. The van der Waals surface area contributed by atoms with Gasteiger partial charge in [-0.1, -0.05) is 6.92 Å². The lowest BCUT2D eigenvalue weighted by Gasteiger charge is -2.20. The van der Waals surface area contributed by atoms with E-state index in [-0.39, 0.29) is 5.97 Å².